The van der Waals surface area contributed by atoms with Crippen LogP contribution in [0.15, 0.2) is 42.5 Å². The lowest BCUT2D eigenvalue weighted by atomic mass is 10.2. The molecule has 3 amide bonds. The van der Waals surface area contributed by atoms with Gasteiger partial charge in [-0.1, -0.05) is 50.1 Å². The first-order valence-corrected chi connectivity index (χ1v) is 14.9. The third kappa shape index (κ3) is 9.18. The molecule has 1 saturated heterocycles. The fourth-order valence-corrected chi connectivity index (χ4v) is 5.74. The molecule has 3 fully saturated rings. The molecule has 1 aromatic rings. The van der Waals surface area contributed by atoms with Gasteiger partial charge in [-0.2, -0.15) is 0 Å². The van der Waals surface area contributed by atoms with Crippen LogP contribution in [0.3, 0.4) is 0 Å². The number of carbonyl (C=O) groups is 3. The highest BCUT2D eigenvalue weighted by atomic mass is 32.2. The lowest BCUT2D eigenvalue weighted by Crippen LogP contribution is -2.45. The highest BCUT2D eigenvalue weighted by molar-refractivity contribution is 7.90. The summed E-state index contributed by atoms with van der Waals surface area (Å²) in [4.78, 5) is 36.5. The molecule has 1 aromatic carbocycles. The van der Waals surface area contributed by atoms with E-state index in [1.54, 1.807) is 4.90 Å². The predicted molar refractivity (Wildman–Crippen MR) is 144 cm³/mol. The molecule has 9 nitrogen and oxygen atoms in total. The second-order valence-electron chi connectivity index (χ2n) is 10.0. The Kier molecular flexibility index (Phi) is 10.5. The van der Waals surface area contributed by atoms with Crippen LogP contribution in [0, 0.1) is 11.8 Å². The maximum Gasteiger partial charge on any atom is 0.242 e. The van der Waals surface area contributed by atoms with E-state index in [4.69, 9.17) is 5.73 Å². The van der Waals surface area contributed by atoms with E-state index in [9.17, 15) is 22.8 Å². The van der Waals surface area contributed by atoms with Crippen molar-refractivity contribution in [1.82, 2.24) is 9.62 Å². The second-order valence-corrected chi connectivity index (χ2v) is 12.0. The summed E-state index contributed by atoms with van der Waals surface area (Å²) in [6, 6.07) is 9.06. The van der Waals surface area contributed by atoms with Gasteiger partial charge in [0.05, 0.1) is 11.8 Å². The zero-order chi connectivity index (χ0) is 26.8. The highest BCUT2D eigenvalue weighted by Gasteiger charge is 2.44. The molecule has 4 rings (SSSR count). The van der Waals surface area contributed by atoms with E-state index in [0.29, 0.717) is 25.8 Å². The quantitative estimate of drug-likeness (QED) is 0.279. The summed E-state index contributed by atoms with van der Waals surface area (Å²) < 4.78 is 25.5. The number of unbranched alkanes of at least 4 members (excludes halogenated alkanes) is 3. The summed E-state index contributed by atoms with van der Waals surface area (Å²) in [5.74, 6) is -0.692. The molecule has 2 aliphatic carbocycles. The van der Waals surface area contributed by atoms with E-state index in [1.807, 2.05) is 30.3 Å². The summed E-state index contributed by atoms with van der Waals surface area (Å²) >= 11 is 0. The van der Waals surface area contributed by atoms with Crippen molar-refractivity contribution in [3.8, 4) is 0 Å². The van der Waals surface area contributed by atoms with Crippen molar-refractivity contribution in [2.24, 2.45) is 17.6 Å². The van der Waals surface area contributed by atoms with Gasteiger partial charge in [0.15, 0.2) is 0 Å². The average molecular weight is 533 g/mol. The predicted octanol–water partition coefficient (Wildman–Crippen LogP) is 2.94. The van der Waals surface area contributed by atoms with Crippen LogP contribution in [-0.4, -0.2) is 55.4 Å². The number of carbonyl (C=O) groups excluding carboxylic acids is 3. The molecule has 0 bridgehead atoms. The molecule has 2 saturated carbocycles. The van der Waals surface area contributed by atoms with Crippen LogP contribution in [0.25, 0.3) is 0 Å². The maximum atomic E-state index is 12.0. The Morgan fingerprint density at radius 3 is 2.49 bits per heavy atom. The van der Waals surface area contributed by atoms with E-state index >= 15 is 0 Å². The summed E-state index contributed by atoms with van der Waals surface area (Å²) in [6.07, 6.45) is 12.6. The van der Waals surface area contributed by atoms with Crippen molar-refractivity contribution in [3.05, 3.63) is 42.5 Å². The lowest BCUT2D eigenvalue weighted by Gasteiger charge is -2.22. The molecular weight excluding hydrogens is 492 g/mol. The minimum Gasteiger partial charge on any atom is -0.376 e. The molecule has 1 aliphatic heterocycles. The third-order valence-electron chi connectivity index (χ3n) is 6.86. The number of benzene rings is 1. The Morgan fingerprint density at radius 1 is 1.11 bits per heavy atom. The number of likely N-dealkylation sites (tertiary alicyclic amines) is 1. The van der Waals surface area contributed by atoms with Crippen molar-refractivity contribution in [2.75, 3.05) is 18.4 Å². The number of nitrogens with one attached hydrogen (secondary N) is 2. The molecule has 0 aromatic heterocycles. The Balaban J connectivity index is 0.000000206. The fraction of sp³-hybridized carbons (Fsp3) is 0.593. The highest BCUT2D eigenvalue weighted by Crippen LogP contribution is 2.40. The summed E-state index contributed by atoms with van der Waals surface area (Å²) in [5, 5.41) is 2.72. The molecule has 0 spiro atoms. The monoisotopic (exact) mass is 532 g/mol. The van der Waals surface area contributed by atoms with Crippen LogP contribution >= 0.6 is 0 Å². The van der Waals surface area contributed by atoms with Crippen molar-refractivity contribution in [1.29, 1.82) is 0 Å². The van der Waals surface area contributed by atoms with Crippen LogP contribution in [-0.2, 0) is 24.4 Å². The van der Waals surface area contributed by atoms with Crippen LogP contribution in [0.5, 0.6) is 0 Å². The molecule has 4 N–H and O–H groups in total. The summed E-state index contributed by atoms with van der Waals surface area (Å²) in [6.45, 7) is 2.97. The van der Waals surface area contributed by atoms with Crippen LogP contribution < -0.4 is 15.8 Å². The standard InChI is InChI=1S/C14H23NO3S.C13H17N3O2/c1-2-3-4-5-6-7-11-10-13(11)14(16)15-19(17,18)12-8-9-12;14-13(18)11-7-4-8-16(11)12(17)9-15-10-5-2-1-3-6-10/h6-7,11-13H,2-5,8-10H2,1H3,(H,15,16);1-3,5-6,11,15H,4,7-9H2,(H2,14,18)/b7-6-;/t11?,13-;11-/m00/s1. The molecule has 1 heterocycles. The minimum absolute atomic E-state index is 0.0832. The first-order valence-electron chi connectivity index (χ1n) is 13.3. The molecule has 1 unspecified atom stereocenters. The Bertz CT molecular complexity index is 1060. The first-order chi connectivity index (χ1) is 17.7. The molecule has 204 valence electrons. The van der Waals surface area contributed by atoms with Crippen LogP contribution in [0.4, 0.5) is 5.69 Å². The smallest absolute Gasteiger partial charge is 0.242 e. The number of hydrogen-bond acceptors (Lipinski definition) is 6. The number of hydrogen-bond donors (Lipinski definition) is 3. The number of nitrogens with zero attached hydrogens (tertiary/aromatic N) is 1. The number of sulfonamides is 1. The SMILES string of the molecule is CCCCC/C=C\C1C[C@@H]1C(=O)NS(=O)(=O)C1CC1.NC(=O)[C@@H]1CCCN1C(=O)CNc1ccccc1. The van der Waals surface area contributed by atoms with Crippen LogP contribution in [0.1, 0.15) is 64.7 Å². The van der Waals surface area contributed by atoms with Gasteiger partial charge in [-0.3, -0.25) is 19.1 Å². The average Bonchev–Trinajstić information content (AvgIpc) is 3.80. The van der Waals surface area contributed by atoms with Gasteiger partial charge in [-0.05, 0) is 63.0 Å². The number of anilines is 1. The zero-order valence-corrected chi connectivity index (χ0v) is 22.4. The molecule has 0 radical (unpaired) electrons. The topological polar surface area (TPSA) is 139 Å². The number of para-hydroxylation sites is 1. The summed E-state index contributed by atoms with van der Waals surface area (Å²) in [5.41, 5.74) is 6.17. The van der Waals surface area contributed by atoms with Crippen molar-refractivity contribution >= 4 is 33.4 Å². The van der Waals surface area contributed by atoms with E-state index in [0.717, 1.165) is 24.9 Å². The number of allylic oxidation sites excluding steroid dienone is 2. The maximum absolute atomic E-state index is 12.0. The molecular formula is C27H40N4O5S. The number of nitrogens with two attached hydrogens (primary N) is 1. The Labute approximate surface area is 220 Å². The van der Waals surface area contributed by atoms with E-state index < -0.39 is 22.0 Å². The minimum atomic E-state index is -3.37. The fourth-order valence-electron chi connectivity index (χ4n) is 4.39. The van der Waals surface area contributed by atoms with E-state index in [2.05, 4.69) is 29.1 Å². The molecule has 3 atom stereocenters. The van der Waals surface area contributed by atoms with Crippen LogP contribution in [0.2, 0.25) is 0 Å². The van der Waals surface area contributed by atoms with Gasteiger partial charge in [0.1, 0.15) is 6.04 Å². The van der Waals surface area contributed by atoms with Gasteiger partial charge in [0.2, 0.25) is 27.7 Å². The second kappa shape index (κ2) is 13.6. The first kappa shape index (κ1) is 28.7. The van der Waals surface area contributed by atoms with E-state index in [-0.39, 0.29) is 35.4 Å². The third-order valence-corrected chi connectivity index (χ3v) is 8.69. The Morgan fingerprint density at radius 2 is 1.84 bits per heavy atom. The van der Waals surface area contributed by atoms with Gasteiger partial charge < -0.3 is 16.0 Å². The van der Waals surface area contributed by atoms with Gasteiger partial charge in [-0.15, -0.1) is 0 Å². The Hall–Kier alpha value is -2.88. The van der Waals surface area contributed by atoms with Crippen molar-refractivity contribution in [2.45, 2.75) is 76.0 Å². The van der Waals surface area contributed by atoms with Crippen molar-refractivity contribution in [3.63, 3.8) is 0 Å². The molecule has 37 heavy (non-hydrogen) atoms. The number of primary amides is 1. The zero-order valence-electron chi connectivity index (χ0n) is 21.6. The lowest BCUT2D eigenvalue weighted by molar-refractivity contribution is -0.135. The molecule has 10 heteroatoms. The van der Waals surface area contributed by atoms with Gasteiger partial charge in [-0.25, -0.2) is 8.42 Å². The summed E-state index contributed by atoms with van der Waals surface area (Å²) in [7, 11) is -3.37. The number of rotatable bonds is 12. The largest absolute Gasteiger partial charge is 0.376 e. The number of amides is 3. The van der Waals surface area contributed by atoms with Crippen molar-refractivity contribution < 1.29 is 22.8 Å². The van der Waals surface area contributed by atoms with E-state index in [1.165, 1.54) is 19.3 Å². The van der Waals surface area contributed by atoms with Gasteiger partial charge in [0.25, 0.3) is 0 Å². The molecule has 3 aliphatic rings. The van der Waals surface area contributed by atoms with Gasteiger partial charge >= 0.3 is 0 Å². The van der Waals surface area contributed by atoms with Gasteiger partial charge in [0, 0.05) is 18.2 Å². The normalized spacial score (nSPS) is 22.7.